The molecule has 1 saturated heterocycles. The zero-order valence-electron chi connectivity index (χ0n) is 9.14. The predicted octanol–water partition coefficient (Wildman–Crippen LogP) is 2.28. The Kier molecular flexibility index (Phi) is 3.71. The average Bonchev–Trinajstić information content (AvgIpc) is 2.30. The highest BCUT2D eigenvalue weighted by Crippen LogP contribution is 2.26. The highest BCUT2D eigenvalue weighted by molar-refractivity contribution is 8.09. The Hall–Kier alpha value is -0.740. The standard InChI is InChI=1S/C12H14O2S2/c1-10(11-6-3-2-4-7-11)12-15(13)8-5-9-16(12)14/h2-4,6-7H,5,8-9H2,1H3/t15-,16+. The third-order valence-corrected chi connectivity index (χ3v) is 6.46. The van der Waals surface area contributed by atoms with Crippen molar-refractivity contribution in [3.05, 3.63) is 40.1 Å². The van der Waals surface area contributed by atoms with Crippen LogP contribution in [-0.2, 0) is 21.6 Å². The van der Waals surface area contributed by atoms with Gasteiger partial charge in [0.1, 0.15) is 4.24 Å². The summed E-state index contributed by atoms with van der Waals surface area (Å²) in [5, 5.41) is 0. The highest BCUT2D eigenvalue weighted by Gasteiger charge is 2.23. The van der Waals surface area contributed by atoms with E-state index in [9.17, 15) is 8.42 Å². The van der Waals surface area contributed by atoms with Gasteiger partial charge in [-0.3, -0.25) is 8.42 Å². The van der Waals surface area contributed by atoms with Crippen molar-refractivity contribution >= 4 is 27.2 Å². The van der Waals surface area contributed by atoms with Crippen LogP contribution in [0.3, 0.4) is 0 Å². The van der Waals surface area contributed by atoms with Crippen molar-refractivity contribution in [2.24, 2.45) is 0 Å². The molecule has 1 aromatic carbocycles. The van der Waals surface area contributed by atoms with E-state index >= 15 is 0 Å². The molecule has 0 spiro atoms. The lowest BCUT2D eigenvalue weighted by Crippen LogP contribution is -2.18. The van der Waals surface area contributed by atoms with Gasteiger partial charge in [-0.1, -0.05) is 30.3 Å². The van der Waals surface area contributed by atoms with Gasteiger partial charge in [0.2, 0.25) is 0 Å². The smallest absolute Gasteiger partial charge is 0.106 e. The molecular formula is C12H14O2S2. The molecular weight excluding hydrogens is 240 g/mol. The van der Waals surface area contributed by atoms with Crippen molar-refractivity contribution < 1.29 is 8.42 Å². The molecule has 4 heteroatoms. The van der Waals surface area contributed by atoms with Gasteiger partial charge in [-0.05, 0) is 24.5 Å². The summed E-state index contributed by atoms with van der Waals surface area (Å²) in [6, 6.07) is 9.75. The molecule has 0 saturated carbocycles. The zero-order chi connectivity index (χ0) is 11.5. The fraction of sp³-hybridized carbons (Fsp3) is 0.333. The van der Waals surface area contributed by atoms with E-state index in [4.69, 9.17) is 0 Å². The number of hydrogen-bond acceptors (Lipinski definition) is 2. The Morgan fingerprint density at radius 1 is 1.06 bits per heavy atom. The van der Waals surface area contributed by atoms with Crippen molar-refractivity contribution in [3.8, 4) is 0 Å². The van der Waals surface area contributed by atoms with Gasteiger partial charge < -0.3 is 0 Å². The summed E-state index contributed by atoms with van der Waals surface area (Å²) in [6.07, 6.45) is 0.796. The number of benzene rings is 1. The average molecular weight is 254 g/mol. The molecule has 0 aliphatic carbocycles. The molecule has 2 nitrogen and oxygen atoms in total. The van der Waals surface area contributed by atoms with Crippen LogP contribution < -0.4 is 0 Å². The molecule has 2 atom stereocenters. The number of hydrogen-bond donors (Lipinski definition) is 0. The van der Waals surface area contributed by atoms with Crippen LogP contribution in [0.2, 0.25) is 0 Å². The topological polar surface area (TPSA) is 34.1 Å². The van der Waals surface area contributed by atoms with Gasteiger partial charge in [0.15, 0.2) is 0 Å². The summed E-state index contributed by atoms with van der Waals surface area (Å²) >= 11 is 0. The van der Waals surface area contributed by atoms with Gasteiger partial charge in [-0.25, -0.2) is 0 Å². The van der Waals surface area contributed by atoms with Crippen LogP contribution in [0.25, 0.3) is 5.57 Å². The van der Waals surface area contributed by atoms with Crippen molar-refractivity contribution in [1.29, 1.82) is 0 Å². The molecule has 0 radical (unpaired) electrons. The molecule has 86 valence electrons. The molecule has 1 heterocycles. The van der Waals surface area contributed by atoms with E-state index in [2.05, 4.69) is 0 Å². The first-order valence-corrected chi connectivity index (χ1v) is 7.87. The minimum Gasteiger partial charge on any atom is -0.254 e. The Morgan fingerprint density at radius 2 is 1.62 bits per heavy atom. The van der Waals surface area contributed by atoms with Crippen LogP contribution in [0.5, 0.6) is 0 Å². The second-order valence-corrected chi connectivity index (χ2v) is 7.00. The first-order chi connectivity index (χ1) is 7.70. The number of allylic oxidation sites excluding steroid dienone is 1. The van der Waals surface area contributed by atoms with Gasteiger partial charge in [0, 0.05) is 11.5 Å². The maximum Gasteiger partial charge on any atom is 0.106 e. The maximum absolute atomic E-state index is 11.9. The normalized spacial score (nSPS) is 28.8. The van der Waals surface area contributed by atoms with Crippen molar-refractivity contribution in [2.75, 3.05) is 11.5 Å². The van der Waals surface area contributed by atoms with Crippen LogP contribution in [0.4, 0.5) is 0 Å². The first-order valence-electron chi connectivity index (χ1n) is 5.23. The lowest BCUT2D eigenvalue weighted by atomic mass is 10.1. The predicted molar refractivity (Wildman–Crippen MR) is 69.7 cm³/mol. The molecule has 1 fully saturated rings. The van der Waals surface area contributed by atoms with Crippen molar-refractivity contribution in [2.45, 2.75) is 13.3 Å². The van der Waals surface area contributed by atoms with Crippen LogP contribution in [0.15, 0.2) is 34.6 Å². The molecule has 0 N–H and O–H groups in total. The van der Waals surface area contributed by atoms with E-state index in [0.29, 0.717) is 15.7 Å². The molecule has 1 aliphatic rings. The molecule has 1 aromatic rings. The summed E-state index contributed by atoms with van der Waals surface area (Å²) in [5.41, 5.74) is 1.93. The summed E-state index contributed by atoms with van der Waals surface area (Å²) in [6.45, 7) is 1.91. The SMILES string of the molecule is CC(=C1[S@](=O)CCC[S@@]1=O)c1ccccc1. The summed E-state index contributed by atoms with van der Waals surface area (Å²) in [4.78, 5) is 0. The molecule has 1 aliphatic heterocycles. The van der Waals surface area contributed by atoms with Crippen LogP contribution in [0.1, 0.15) is 18.9 Å². The summed E-state index contributed by atoms with van der Waals surface area (Å²) in [5.74, 6) is 1.29. The van der Waals surface area contributed by atoms with Gasteiger partial charge in [0.25, 0.3) is 0 Å². The van der Waals surface area contributed by atoms with Gasteiger partial charge in [-0.15, -0.1) is 0 Å². The Labute approximate surface area is 101 Å². The molecule has 0 bridgehead atoms. The van der Waals surface area contributed by atoms with Gasteiger partial charge >= 0.3 is 0 Å². The van der Waals surface area contributed by atoms with Crippen LogP contribution in [0, 0.1) is 0 Å². The van der Waals surface area contributed by atoms with Gasteiger partial charge in [0.05, 0.1) is 21.6 Å². The van der Waals surface area contributed by atoms with Crippen molar-refractivity contribution in [1.82, 2.24) is 0 Å². The fourth-order valence-corrected chi connectivity index (χ4v) is 5.37. The van der Waals surface area contributed by atoms with Crippen LogP contribution >= 0.6 is 0 Å². The maximum atomic E-state index is 11.9. The van der Waals surface area contributed by atoms with E-state index in [1.165, 1.54) is 0 Å². The van der Waals surface area contributed by atoms with Gasteiger partial charge in [-0.2, -0.15) is 0 Å². The molecule has 0 aromatic heterocycles. The van der Waals surface area contributed by atoms with E-state index < -0.39 is 21.6 Å². The Morgan fingerprint density at radius 3 is 2.19 bits per heavy atom. The molecule has 0 unspecified atom stereocenters. The molecule has 16 heavy (non-hydrogen) atoms. The van der Waals surface area contributed by atoms with Crippen LogP contribution in [-0.4, -0.2) is 19.9 Å². The molecule has 2 rings (SSSR count). The monoisotopic (exact) mass is 254 g/mol. The lowest BCUT2D eigenvalue weighted by molar-refractivity contribution is 0.677. The van der Waals surface area contributed by atoms with E-state index in [0.717, 1.165) is 17.6 Å². The highest BCUT2D eigenvalue weighted by atomic mass is 32.2. The first kappa shape index (κ1) is 11.7. The second kappa shape index (κ2) is 5.06. The lowest BCUT2D eigenvalue weighted by Gasteiger charge is -2.16. The third kappa shape index (κ3) is 2.33. The quantitative estimate of drug-likeness (QED) is 0.770. The minimum atomic E-state index is -1.06. The van der Waals surface area contributed by atoms with E-state index in [1.54, 1.807) is 0 Å². The third-order valence-electron chi connectivity index (χ3n) is 2.59. The van der Waals surface area contributed by atoms with E-state index in [1.807, 2.05) is 37.3 Å². The summed E-state index contributed by atoms with van der Waals surface area (Å²) < 4.78 is 24.4. The fourth-order valence-electron chi connectivity index (χ4n) is 1.76. The number of rotatable bonds is 1. The molecule has 0 amide bonds. The largest absolute Gasteiger partial charge is 0.254 e. The zero-order valence-corrected chi connectivity index (χ0v) is 10.8. The summed E-state index contributed by atoms with van der Waals surface area (Å²) in [7, 11) is -2.12. The second-order valence-electron chi connectivity index (χ2n) is 3.73. The Bertz CT molecular complexity index is 445. The van der Waals surface area contributed by atoms with Crippen molar-refractivity contribution in [3.63, 3.8) is 0 Å². The Balaban J connectivity index is 2.47. The minimum absolute atomic E-state index is 0.637. The van der Waals surface area contributed by atoms with E-state index in [-0.39, 0.29) is 0 Å².